The van der Waals surface area contributed by atoms with Crippen molar-refractivity contribution in [2.24, 2.45) is 13.0 Å². The lowest BCUT2D eigenvalue weighted by Gasteiger charge is -2.19. The van der Waals surface area contributed by atoms with E-state index < -0.39 is 0 Å². The van der Waals surface area contributed by atoms with Gasteiger partial charge in [-0.05, 0) is 25.8 Å². The summed E-state index contributed by atoms with van der Waals surface area (Å²) in [5.74, 6) is 1.79. The Morgan fingerprint density at radius 1 is 1.41 bits per heavy atom. The average Bonchev–Trinajstić information content (AvgIpc) is 2.75. The van der Waals surface area contributed by atoms with Crippen molar-refractivity contribution < 1.29 is 0 Å². The zero-order chi connectivity index (χ0) is 12.7. The fourth-order valence-electron chi connectivity index (χ4n) is 2.06. The van der Waals surface area contributed by atoms with Crippen molar-refractivity contribution in [3.8, 4) is 0 Å². The number of hydrogen-bond acceptors (Lipinski definition) is 3. The van der Waals surface area contributed by atoms with Crippen molar-refractivity contribution in [3.63, 3.8) is 0 Å². The Kier molecular flexibility index (Phi) is 6.19. The molecule has 0 saturated heterocycles. The van der Waals surface area contributed by atoms with E-state index in [9.17, 15) is 0 Å². The molecule has 0 saturated carbocycles. The smallest absolute Gasteiger partial charge is 0.149 e. The highest BCUT2D eigenvalue weighted by Crippen LogP contribution is 2.14. The first-order valence-corrected chi connectivity index (χ1v) is 6.76. The van der Waals surface area contributed by atoms with Gasteiger partial charge in [-0.25, -0.2) is 0 Å². The van der Waals surface area contributed by atoms with Gasteiger partial charge < -0.3 is 9.88 Å². The maximum atomic E-state index is 4.13. The van der Waals surface area contributed by atoms with Gasteiger partial charge in [0, 0.05) is 7.05 Å². The second-order valence-corrected chi connectivity index (χ2v) is 4.85. The summed E-state index contributed by atoms with van der Waals surface area (Å²) in [5.41, 5.74) is 0. The molecule has 1 aromatic heterocycles. The molecule has 0 spiro atoms. The van der Waals surface area contributed by atoms with E-state index in [-0.39, 0.29) is 6.04 Å². The fraction of sp³-hybridized carbons (Fsp3) is 0.846. The van der Waals surface area contributed by atoms with E-state index in [4.69, 9.17) is 0 Å². The van der Waals surface area contributed by atoms with Gasteiger partial charge in [-0.1, -0.05) is 33.1 Å². The number of aromatic nitrogens is 3. The molecule has 98 valence electrons. The molecule has 0 bridgehead atoms. The van der Waals surface area contributed by atoms with Crippen molar-refractivity contribution in [1.82, 2.24) is 20.1 Å². The summed E-state index contributed by atoms with van der Waals surface area (Å²) in [4.78, 5) is 0. The second kappa shape index (κ2) is 7.43. The highest BCUT2D eigenvalue weighted by Gasteiger charge is 2.13. The molecule has 1 aromatic rings. The van der Waals surface area contributed by atoms with Crippen LogP contribution in [0.1, 0.15) is 58.3 Å². The van der Waals surface area contributed by atoms with Crippen LogP contribution in [0, 0.1) is 5.92 Å². The Labute approximate surface area is 105 Å². The summed E-state index contributed by atoms with van der Waals surface area (Å²) >= 11 is 0. The predicted molar refractivity (Wildman–Crippen MR) is 70.7 cm³/mol. The van der Waals surface area contributed by atoms with E-state index in [1.807, 2.05) is 11.6 Å². The number of aryl methyl sites for hydroxylation is 1. The summed E-state index contributed by atoms with van der Waals surface area (Å²) in [6, 6.07) is 0.276. The first-order valence-electron chi connectivity index (χ1n) is 6.76. The number of hydrogen-bond donors (Lipinski definition) is 1. The van der Waals surface area contributed by atoms with E-state index in [2.05, 4.69) is 36.3 Å². The van der Waals surface area contributed by atoms with Gasteiger partial charge in [-0.2, -0.15) is 0 Å². The quantitative estimate of drug-likeness (QED) is 0.757. The van der Waals surface area contributed by atoms with Crippen LogP contribution in [0.2, 0.25) is 0 Å². The largest absolute Gasteiger partial charge is 0.319 e. The zero-order valence-electron chi connectivity index (χ0n) is 11.6. The van der Waals surface area contributed by atoms with Crippen molar-refractivity contribution in [2.75, 3.05) is 6.54 Å². The molecular formula is C13H26N4. The minimum atomic E-state index is 0.276. The fourth-order valence-corrected chi connectivity index (χ4v) is 2.06. The topological polar surface area (TPSA) is 42.7 Å². The van der Waals surface area contributed by atoms with Crippen LogP contribution in [-0.2, 0) is 7.05 Å². The normalized spacial score (nSPS) is 14.8. The van der Waals surface area contributed by atoms with Crippen LogP contribution < -0.4 is 5.32 Å². The molecule has 0 aliphatic heterocycles. The molecule has 4 heteroatoms. The Bertz CT molecular complexity index is 308. The van der Waals surface area contributed by atoms with Crippen LogP contribution in [0.4, 0.5) is 0 Å². The number of nitrogens with zero attached hydrogens (tertiary/aromatic N) is 3. The Morgan fingerprint density at radius 3 is 2.71 bits per heavy atom. The molecule has 0 radical (unpaired) electrons. The summed E-state index contributed by atoms with van der Waals surface area (Å²) in [5, 5.41) is 11.6. The van der Waals surface area contributed by atoms with Gasteiger partial charge in [0.25, 0.3) is 0 Å². The lowest BCUT2D eigenvalue weighted by molar-refractivity contribution is 0.390. The number of nitrogens with one attached hydrogen (secondary N) is 1. The minimum absolute atomic E-state index is 0.276. The van der Waals surface area contributed by atoms with E-state index in [1.165, 1.54) is 25.7 Å². The summed E-state index contributed by atoms with van der Waals surface area (Å²) in [6.07, 6.45) is 6.94. The van der Waals surface area contributed by atoms with Crippen molar-refractivity contribution in [1.29, 1.82) is 0 Å². The maximum Gasteiger partial charge on any atom is 0.149 e. The first kappa shape index (κ1) is 14.2. The van der Waals surface area contributed by atoms with Crippen LogP contribution in [0.25, 0.3) is 0 Å². The molecule has 2 unspecified atom stereocenters. The molecule has 1 N–H and O–H groups in total. The predicted octanol–water partition coefficient (Wildman–Crippen LogP) is 2.68. The van der Waals surface area contributed by atoms with Crippen LogP contribution in [0.5, 0.6) is 0 Å². The molecule has 0 aliphatic carbocycles. The van der Waals surface area contributed by atoms with Gasteiger partial charge in [0.1, 0.15) is 12.2 Å². The van der Waals surface area contributed by atoms with Crippen LogP contribution >= 0.6 is 0 Å². The van der Waals surface area contributed by atoms with Gasteiger partial charge in [0.15, 0.2) is 0 Å². The van der Waals surface area contributed by atoms with Gasteiger partial charge in [0.05, 0.1) is 6.04 Å². The third-order valence-corrected chi connectivity index (χ3v) is 3.39. The molecule has 0 aromatic carbocycles. The van der Waals surface area contributed by atoms with E-state index in [1.54, 1.807) is 6.33 Å². The van der Waals surface area contributed by atoms with Crippen LogP contribution in [0.3, 0.4) is 0 Å². The Morgan fingerprint density at radius 2 is 2.18 bits per heavy atom. The summed E-state index contributed by atoms with van der Waals surface area (Å²) in [6.45, 7) is 7.75. The van der Waals surface area contributed by atoms with Gasteiger partial charge in [-0.3, -0.25) is 0 Å². The lowest BCUT2D eigenvalue weighted by Crippen LogP contribution is -2.27. The Hall–Kier alpha value is -0.900. The average molecular weight is 238 g/mol. The molecular weight excluding hydrogens is 212 g/mol. The maximum absolute atomic E-state index is 4.13. The van der Waals surface area contributed by atoms with Gasteiger partial charge in [-0.15, -0.1) is 10.2 Å². The second-order valence-electron chi connectivity index (χ2n) is 4.85. The van der Waals surface area contributed by atoms with Gasteiger partial charge >= 0.3 is 0 Å². The molecule has 1 rings (SSSR count). The van der Waals surface area contributed by atoms with Crippen molar-refractivity contribution in [3.05, 3.63) is 12.2 Å². The molecule has 17 heavy (non-hydrogen) atoms. The van der Waals surface area contributed by atoms with Crippen LogP contribution in [0.15, 0.2) is 6.33 Å². The summed E-state index contributed by atoms with van der Waals surface area (Å²) < 4.78 is 1.98. The first-order chi connectivity index (χ1) is 8.19. The molecule has 4 nitrogen and oxygen atoms in total. The number of unbranched alkanes of at least 4 members (excludes halogenated alkanes) is 1. The molecule has 0 aliphatic rings. The molecule has 0 amide bonds. The standard InChI is InChI=1S/C13H26N4/c1-5-7-8-12(6-2)9-14-11(3)13-16-15-10-17(13)4/h10-12,14H,5-9H2,1-4H3. The van der Waals surface area contributed by atoms with E-state index in [0.29, 0.717) is 0 Å². The van der Waals surface area contributed by atoms with Crippen LogP contribution in [-0.4, -0.2) is 21.3 Å². The molecule has 0 fully saturated rings. The van der Waals surface area contributed by atoms with Crippen molar-refractivity contribution in [2.45, 2.75) is 52.5 Å². The van der Waals surface area contributed by atoms with Gasteiger partial charge in [0.2, 0.25) is 0 Å². The summed E-state index contributed by atoms with van der Waals surface area (Å²) in [7, 11) is 1.99. The molecule has 1 heterocycles. The highest BCUT2D eigenvalue weighted by molar-refractivity contribution is 4.91. The lowest BCUT2D eigenvalue weighted by atomic mass is 9.99. The SMILES string of the molecule is CCCCC(CC)CNC(C)c1nncn1C. The molecule has 2 atom stereocenters. The third-order valence-electron chi connectivity index (χ3n) is 3.39. The zero-order valence-corrected chi connectivity index (χ0v) is 11.6. The van der Waals surface area contributed by atoms with E-state index >= 15 is 0 Å². The highest BCUT2D eigenvalue weighted by atomic mass is 15.3. The minimum Gasteiger partial charge on any atom is -0.319 e. The number of rotatable bonds is 8. The van der Waals surface area contributed by atoms with Crippen molar-refractivity contribution >= 4 is 0 Å². The van der Waals surface area contributed by atoms with E-state index in [0.717, 1.165) is 18.3 Å². The Balaban J connectivity index is 2.36. The monoisotopic (exact) mass is 238 g/mol. The third kappa shape index (κ3) is 4.46.